The molecule has 2 aromatic carbocycles. The SMILES string of the molecule is Cc1ccc(CCC(C)NCc2ccccc2)cc1. The molecule has 1 unspecified atom stereocenters. The first-order valence-electron chi connectivity index (χ1n) is 7.07. The molecule has 0 bridgehead atoms. The average molecular weight is 253 g/mol. The third-order valence-corrected chi connectivity index (χ3v) is 3.48. The Bertz CT molecular complexity index is 473. The Kier molecular flexibility index (Phi) is 5.17. The quantitative estimate of drug-likeness (QED) is 0.817. The largest absolute Gasteiger partial charge is 0.310 e. The van der Waals surface area contributed by atoms with Crippen molar-refractivity contribution in [3.05, 3.63) is 71.3 Å². The molecule has 1 atom stereocenters. The van der Waals surface area contributed by atoms with Gasteiger partial charge in [0, 0.05) is 12.6 Å². The van der Waals surface area contributed by atoms with Crippen LogP contribution in [-0.2, 0) is 13.0 Å². The molecule has 1 nitrogen and oxygen atoms in total. The molecule has 0 saturated carbocycles. The van der Waals surface area contributed by atoms with Crippen molar-refractivity contribution in [2.45, 2.75) is 39.3 Å². The molecule has 0 aliphatic rings. The summed E-state index contributed by atoms with van der Waals surface area (Å²) < 4.78 is 0. The maximum Gasteiger partial charge on any atom is 0.0207 e. The van der Waals surface area contributed by atoms with E-state index in [2.05, 4.69) is 73.8 Å². The van der Waals surface area contributed by atoms with E-state index in [4.69, 9.17) is 0 Å². The van der Waals surface area contributed by atoms with Crippen LogP contribution in [0, 0.1) is 6.92 Å². The fraction of sp³-hybridized carbons (Fsp3) is 0.333. The highest BCUT2D eigenvalue weighted by atomic mass is 14.9. The monoisotopic (exact) mass is 253 g/mol. The summed E-state index contributed by atoms with van der Waals surface area (Å²) in [6.07, 6.45) is 2.32. The molecule has 0 amide bonds. The van der Waals surface area contributed by atoms with E-state index in [0.29, 0.717) is 6.04 Å². The zero-order valence-electron chi connectivity index (χ0n) is 11.9. The van der Waals surface area contributed by atoms with Crippen LogP contribution in [0.1, 0.15) is 30.0 Å². The summed E-state index contributed by atoms with van der Waals surface area (Å²) in [5.74, 6) is 0. The zero-order chi connectivity index (χ0) is 13.5. The minimum absolute atomic E-state index is 0.543. The molecule has 19 heavy (non-hydrogen) atoms. The van der Waals surface area contributed by atoms with Crippen molar-refractivity contribution in [2.24, 2.45) is 0 Å². The summed E-state index contributed by atoms with van der Waals surface area (Å²) in [6, 6.07) is 20.0. The van der Waals surface area contributed by atoms with Gasteiger partial charge >= 0.3 is 0 Å². The fourth-order valence-electron chi connectivity index (χ4n) is 2.13. The van der Waals surface area contributed by atoms with Gasteiger partial charge in [-0.15, -0.1) is 0 Å². The van der Waals surface area contributed by atoms with E-state index in [1.54, 1.807) is 0 Å². The molecular weight excluding hydrogens is 230 g/mol. The number of rotatable bonds is 6. The smallest absolute Gasteiger partial charge is 0.0207 e. The van der Waals surface area contributed by atoms with Gasteiger partial charge in [0.25, 0.3) is 0 Å². The second-order valence-corrected chi connectivity index (χ2v) is 5.29. The molecule has 0 radical (unpaired) electrons. The highest BCUT2D eigenvalue weighted by molar-refractivity contribution is 5.21. The van der Waals surface area contributed by atoms with Gasteiger partial charge in [-0.05, 0) is 37.8 Å². The molecule has 0 spiro atoms. The Labute approximate surface area is 116 Å². The van der Waals surface area contributed by atoms with Gasteiger partial charge in [0.1, 0.15) is 0 Å². The fourth-order valence-corrected chi connectivity index (χ4v) is 2.13. The van der Waals surface area contributed by atoms with Gasteiger partial charge in [-0.25, -0.2) is 0 Å². The number of hydrogen-bond donors (Lipinski definition) is 1. The minimum Gasteiger partial charge on any atom is -0.310 e. The summed E-state index contributed by atoms with van der Waals surface area (Å²) in [6.45, 7) is 5.35. The van der Waals surface area contributed by atoms with Crippen molar-refractivity contribution in [3.63, 3.8) is 0 Å². The normalized spacial score (nSPS) is 12.3. The van der Waals surface area contributed by atoms with Crippen LogP contribution in [0.2, 0.25) is 0 Å². The van der Waals surface area contributed by atoms with Crippen LogP contribution in [0.5, 0.6) is 0 Å². The van der Waals surface area contributed by atoms with Gasteiger partial charge < -0.3 is 5.32 Å². The highest BCUT2D eigenvalue weighted by Crippen LogP contribution is 2.08. The summed E-state index contributed by atoms with van der Waals surface area (Å²) in [4.78, 5) is 0. The lowest BCUT2D eigenvalue weighted by Gasteiger charge is -2.14. The van der Waals surface area contributed by atoms with Gasteiger partial charge in [-0.3, -0.25) is 0 Å². The lowest BCUT2D eigenvalue weighted by atomic mass is 10.0. The minimum atomic E-state index is 0.543. The first-order chi connectivity index (χ1) is 9.24. The molecular formula is C18H23N. The summed E-state index contributed by atoms with van der Waals surface area (Å²) in [5.41, 5.74) is 4.11. The number of hydrogen-bond acceptors (Lipinski definition) is 1. The first-order valence-corrected chi connectivity index (χ1v) is 7.07. The number of aryl methyl sites for hydroxylation is 2. The standard InChI is InChI=1S/C18H23N/c1-15-8-11-17(12-9-15)13-10-16(2)19-14-18-6-4-3-5-7-18/h3-9,11-12,16,19H,10,13-14H2,1-2H3. The Hall–Kier alpha value is -1.60. The van der Waals surface area contributed by atoms with Crippen molar-refractivity contribution in [1.29, 1.82) is 0 Å². The predicted octanol–water partition coefficient (Wildman–Crippen LogP) is 4.11. The number of nitrogens with one attached hydrogen (secondary N) is 1. The van der Waals surface area contributed by atoms with E-state index < -0.39 is 0 Å². The Morgan fingerprint density at radius 2 is 1.58 bits per heavy atom. The van der Waals surface area contributed by atoms with Crippen molar-refractivity contribution in [1.82, 2.24) is 5.32 Å². The summed E-state index contributed by atoms with van der Waals surface area (Å²) in [5, 5.41) is 3.58. The molecule has 0 aliphatic heterocycles. The topological polar surface area (TPSA) is 12.0 Å². The molecule has 100 valence electrons. The summed E-state index contributed by atoms with van der Waals surface area (Å²) in [7, 11) is 0. The van der Waals surface area contributed by atoms with Crippen LogP contribution in [0.25, 0.3) is 0 Å². The van der Waals surface area contributed by atoms with Crippen LogP contribution in [-0.4, -0.2) is 6.04 Å². The molecule has 0 aliphatic carbocycles. The van der Waals surface area contributed by atoms with Crippen molar-refractivity contribution in [3.8, 4) is 0 Å². The van der Waals surface area contributed by atoms with Crippen LogP contribution in [0.4, 0.5) is 0 Å². The first kappa shape index (κ1) is 13.8. The second kappa shape index (κ2) is 7.10. The lowest BCUT2D eigenvalue weighted by molar-refractivity contribution is 0.514. The van der Waals surface area contributed by atoms with E-state index in [-0.39, 0.29) is 0 Å². The van der Waals surface area contributed by atoms with Gasteiger partial charge in [0.2, 0.25) is 0 Å². The molecule has 1 N–H and O–H groups in total. The van der Waals surface area contributed by atoms with Crippen molar-refractivity contribution in [2.75, 3.05) is 0 Å². The summed E-state index contributed by atoms with van der Waals surface area (Å²) >= 11 is 0. The molecule has 2 aromatic rings. The molecule has 0 heterocycles. The van der Waals surface area contributed by atoms with Crippen LogP contribution in [0.15, 0.2) is 54.6 Å². The van der Waals surface area contributed by atoms with Gasteiger partial charge in [0.05, 0.1) is 0 Å². The Morgan fingerprint density at radius 1 is 0.895 bits per heavy atom. The number of benzene rings is 2. The van der Waals surface area contributed by atoms with Crippen LogP contribution >= 0.6 is 0 Å². The second-order valence-electron chi connectivity index (χ2n) is 5.29. The van der Waals surface area contributed by atoms with Crippen LogP contribution in [0.3, 0.4) is 0 Å². The maximum atomic E-state index is 3.58. The van der Waals surface area contributed by atoms with E-state index in [1.165, 1.54) is 23.1 Å². The van der Waals surface area contributed by atoms with Gasteiger partial charge in [-0.1, -0.05) is 60.2 Å². The highest BCUT2D eigenvalue weighted by Gasteiger charge is 2.02. The van der Waals surface area contributed by atoms with Crippen molar-refractivity contribution < 1.29 is 0 Å². The van der Waals surface area contributed by atoms with E-state index in [1.807, 2.05) is 0 Å². The van der Waals surface area contributed by atoms with Crippen LogP contribution < -0.4 is 5.32 Å². The molecule has 1 heteroatoms. The molecule has 0 saturated heterocycles. The van der Waals surface area contributed by atoms with E-state index >= 15 is 0 Å². The van der Waals surface area contributed by atoms with Crippen molar-refractivity contribution >= 4 is 0 Å². The maximum absolute atomic E-state index is 3.58. The van der Waals surface area contributed by atoms with E-state index in [9.17, 15) is 0 Å². The van der Waals surface area contributed by atoms with E-state index in [0.717, 1.165) is 13.0 Å². The Balaban J connectivity index is 1.72. The lowest BCUT2D eigenvalue weighted by Crippen LogP contribution is -2.25. The van der Waals surface area contributed by atoms with Gasteiger partial charge in [-0.2, -0.15) is 0 Å². The third-order valence-electron chi connectivity index (χ3n) is 3.48. The average Bonchev–Trinajstić information content (AvgIpc) is 2.45. The molecule has 2 rings (SSSR count). The predicted molar refractivity (Wildman–Crippen MR) is 82.2 cm³/mol. The molecule has 0 fully saturated rings. The Morgan fingerprint density at radius 3 is 2.26 bits per heavy atom. The molecule has 0 aromatic heterocycles. The zero-order valence-corrected chi connectivity index (χ0v) is 11.9. The van der Waals surface area contributed by atoms with Gasteiger partial charge in [0.15, 0.2) is 0 Å². The third kappa shape index (κ3) is 4.88.